The van der Waals surface area contributed by atoms with E-state index >= 15 is 4.39 Å². The molecular formula is C41H45Cl2FN6O4. The van der Waals surface area contributed by atoms with Gasteiger partial charge >= 0.3 is 0 Å². The number of fused-ring (bicyclic) bond motifs is 3. The summed E-state index contributed by atoms with van der Waals surface area (Å²) in [7, 11) is 1.53. The molecule has 2 aliphatic rings. The van der Waals surface area contributed by atoms with Crippen molar-refractivity contribution in [2.24, 2.45) is 11.7 Å². The monoisotopic (exact) mass is 774 g/mol. The van der Waals surface area contributed by atoms with Gasteiger partial charge in [0.15, 0.2) is 5.82 Å². The second-order valence-electron chi connectivity index (χ2n) is 13.9. The topological polar surface area (TPSA) is 151 Å². The number of ether oxygens (including phenoxy) is 1. The number of aromatic nitrogens is 3. The number of benzene rings is 2. The van der Waals surface area contributed by atoms with Crippen molar-refractivity contribution in [3.05, 3.63) is 81.5 Å². The van der Waals surface area contributed by atoms with Crippen LogP contribution in [0.15, 0.2) is 48.7 Å². The summed E-state index contributed by atoms with van der Waals surface area (Å²) in [4.78, 5) is 24.0. The molecule has 1 aliphatic carbocycles. The number of likely N-dealkylation sites (tertiary alicyclic amines) is 1. The number of aliphatic hydroxyl groups excluding tert-OH is 1. The molecule has 54 heavy (non-hydrogen) atoms. The van der Waals surface area contributed by atoms with Crippen molar-refractivity contribution in [3.8, 4) is 28.8 Å². The van der Waals surface area contributed by atoms with Crippen LogP contribution in [-0.4, -0.2) is 55.8 Å². The van der Waals surface area contributed by atoms with Crippen LogP contribution >= 0.6 is 23.2 Å². The average Bonchev–Trinajstić information content (AvgIpc) is 3.78. The van der Waals surface area contributed by atoms with Gasteiger partial charge in [-0.25, -0.2) is 14.4 Å². The lowest BCUT2D eigenvalue weighted by Gasteiger charge is -2.29. The van der Waals surface area contributed by atoms with E-state index in [2.05, 4.69) is 28.6 Å². The molecule has 0 spiro atoms. The molecule has 0 radical (unpaired) electrons. The number of carbonyl (C=O) groups is 1. The molecule has 7 rings (SSSR count). The number of carbonyl (C=O) groups excluding carboxylic acids is 1. The van der Waals surface area contributed by atoms with Crippen LogP contribution in [0, 0.1) is 23.1 Å². The summed E-state index contributed by atoms with van der Waals surface area (Å²) in [6.45, 7) is 4.90. The van der Waals surface area contributed by atoms with E-state index in [0.29, 0.717) is 59.0 Å². The second kappa shape index (κ2) is 16.9. The quantitative estimate of drug-likeness (QED) is 0.120. The summed E-state index contributed by atoms with van der Waals surface area (Å²) in [5.41, 5.74) is 9.63. The first-order chi connectivity index (χ1) is 26.0. The molecule has 3 aromatic heterocycles. The number of aliphatic hydroxyl groups is 1. The van der Waals surface area contributed by atoms with Crippen molar-refractivity contribution < 1.29 is 24.1 Å². The van der Waals surface area contributed by atoms with Crippen LogP contribution in [-0.2, 0) is 11.2 Å². The second-order valence-corrected chi connectivity index (χ2v) is 14.7. The molecule has 1 saturated heterocycles. The third-order valence-electron chi connectivity index (χ3n) is 10.3. The number of aryl methyl sites for hydroxylation is 1. The Morgan fingerprint density at radius 1 is 1.19 bits per heavy atom. The molecule has 0 bridgehead atoms. The Kier molecular flexibility index (Phi) is 12.3. The van der Waals surface area contributed by atoms with Gasteiger partial charge in [0.2, 0.25) is 11.8 Å². The number of hydrogen-bond acceptors (Lipinski definition) is 8. The predicted octanol–water partition coefficient (Wildman–Crippen LogP) is 8.98. The van der Waals surface area contributed by atoms with E-state index in [1.165, 1.54) is 19.4 Å². The first kappa shape index (κ1) is 39.2. The molecule has 1 saturated carbocycles. The van der Waals surface area contributed by atoms with Crippen molar-refractivity contribution in [1.82, 2.24) is 19.4 Å². The maximum Gasteiger partial charge on any atom is 0.226 e. The smallest absolute Gasteiger partial charge is 0.226 e. The number of rotatable bonds is 11. The van der Waals surface area contributed by atoms with E-state index in [1.54, 1.807) is 31.2 Å². The summed E-state index contributed by atoms with van der Waals surface area (Å²) in [5.74, 6) is 0.371. The number of amides is 1. The van der Waals surface area contributed by atoms with Crippen LogP contribution in [0.25, 0.3) is 32.9 Å². The summed E-state index contributed by atoms with van der Waals surface area (Å²) in [6, 6.07) is 14.2. The van der Waals surface area contributed by atoms with E-state index in [4.69, 9.17) is 43.8 Å². The third kappa shape index (κ3) is 7.71. The van der Waals surface area contributed by atoms with Crippen molar-refractivity contribution in [2.45, 2.75) is 83.4 Å². The molecule has 10 nitrogen and oxygen atoms in total. The van der Waals surface area contributed by atoms with E-state index in [1.807, 2.05) is 11.0 Å². The molecule has 2 fully saturated rings. The number of pyridine rings is 2. The average molecular weight is 776 g/mol. The fourth-order valence-corrected chi connectivity index (χ4v) is 8.02. The zero-order valence-corrected chi connectivity index (χ0v) is 32.2. The van der Waals surface area contributed by atoms with Crippen LogP contribution < -0.4 is 10.5 Å². The minimum atomic E-state index is -0.987. The van der Waals surface area contributed by atoms with Crippen LogP contribution in [0.2, 0.25) is 10.0 Å². The molecule has 4 N–H and O–H groups in total. The minimum Gasteiger partial charge on any atom is -0.506 e. The highest BCUT2D eigenvalue weighted by atomic mass is 35.5. The van der Waals surface area contributed by atoms with Gasteiger partial charge in [0.1, 0.15) is 11.3 Å². The number of methoxy groups -OCH3 is 1. The SMILES string of the molecule is CCC(CCN)n1c(C2CCCN2C(=O)C2CC2)cc2c(C(C)O)nc3c(F)c(-c4cccc(Cl)c4Cl)c(CCC#N)cc3c21.COc1ccc(O)cn1. The van der Waals surface area contributed by atoms with Crippen molar-refractivity contribution in [2.75, 3.05) is 20.2 Å². The Morgan fingerprint density at radius 2 is 1.96 bits per heavy atom. The normalized spacial score (nSPS) is 16.6. The first-order valence-electron chi connectivity index (χ1n) is 18.4. The number of hydrogen-bond donors (Lipinski definition) is 3. The Morgan fingerprint density at radius 3 is 2.59 bits per heavy atom. The Balaban J connectivity index is 0.000000485. The van der Waals surface area contributed by atoms with Crippen LogP contribution in [0.4, 0.5) is 4.39 Å². The fraction of sp³-hybridized carbons (Fsp3) is 0.415. The highest BCUT2D eigenvalue weighted by molar-refractivity contribution is 6.43. The van der Waals surface area contributed by atoms with Gasteiger partial charge < -0.3 is 30.2 Å². The fourth-order valence-electron chi connectivity index (χ4n) is 7.63. The van der Waals surface area contributed by atoms with Gasteiger partial charge in [-0.15, -0.1) is 0 Å². The van der Waals surface area contributed by atoms with Crippen molar-refractivity contribution in [1.29, 1.82) is 5.26 Å². The highest BCUT2D eigenvalue weighted by Gasteiger charge is 2.41. The van der Waals surface area contributed by atoms with E-state index < -0.39 is 11.9 Å². The molecule has 1 aliphatic heterocycles. The number of aromatic hydroxyl groups is 1. The molecule has 284 valence electrons. The Labute approximate surface area is 324 Å². The van der Waals surface area contributed by atoms with E-state index in [0.717, 1.165) is 48.7 Å². The molecule has 3 atom stereocenters. The molecule has 13 heteroatoms. The zero-order valence-electron chi connectivity index (χ0n) is 30.7. The molecule has 1 amide bonds. The van der Waals surface area contributed by atoms with Gasteiger partial charge in [-0.05, 0) is 88.2 Å². The lowest BCUT2D eigenvalue weighted by atomic mass is 9.92. The minimum absolute atomic E-state index is 0.0268. The largest absolute Gasteiger partial charge is 0.506 e. The number of nitrogens with two attached hydrogens (primary N) is 1. The van der Waals surface area contributed by atoms with Gasteiger partial charge in [0.05, 0.1) is 52.8 Å². The Bertz CT molecular complexity index is 2200. The standard InChI is InChI=1S/C35H38Cl2FN5O2.C6H7NO2/c1-3-22(13-15-40)43-28(27-10-6-16-42(27)35(45)20-11-12-20)18-25-32(19(2)44)41-33-24(34(25)43)17-21(7-5-14-39)29(31(33)38)23-8-4-9-26(36)30(23)37;1-9-6-3-2-5(8)4-7-6/h4,8-9,17-20,22,27,44H,3,5-7,10-13,15-16,40H2,1-2H3;2-4,8H,1H3. The van der Waals surface area contributed by atoms with E-state index in [9.17, 15) is 15.2 Å². The lowest BCUT2D eigenvalue weighted by Crippen LogP contribution is -2.33. The highest BCUT2D eigenvalue weighted by Crippen LogP contribution is 2.46. The molecule has 5 aromatic rings. The first-order valence-corrected chi connectivity index (χ1v) is 19.2. The number of halogens is 3. The molecule has 2 aromatic carbocycles. The lowest BCUT2D eigenvalue weighted by molar-refractivity contribution is -0.133. The molecular weight excluding hydrogens is 730 g/mol. The van der Waals surface area contributed by atoms with Gasteiger partial charge in [-0.1, -0.05) is 42.3 Å². The van der Waals surface area contributed by atoms with E-state index in [-0.39, 0.29) is 52.2 Å². The number of nitrogens with zero attached hydrogens (tertiary/aromatic N) is 5. The van der Waals surface area contributed by atoms with Gasteiger partial charge in [-0.2, -0.15) is 5.26 Å². The van der Waals surface area contributed by atoms with Crippen LogP contribution in [0.1, 0.15) is 93.9 Å². The van der Waals surface area contributed by atoms with Crippen LogP contribution in [0.3, 0.4) is 0 Å². The van der Waals surface area contributed by atoms with Crippen molar-refractivity contribution >= 4 is 50.9 Å². The van der Waals surface area contributed by atoms with Gasteiger partial charge in [-0.3, -0.25) is 4.79 Å². The zero-order chi connectivity index (χ0) is 38.7. The predicted molar refractivity (Wildman–Crippen MR) is 209 cm³/mol. The number of nitriles is 1. The molecule has 3 unspecified atom stereocenters. The maximum absolute atomic E-state index is 17.0. The van der Waals surface area contributed by atoms with Crippen LogP contribution in [0.5, 0.6) is 11.6 Å². The summed E-state index contributed by atoms with van der Waals surface area (Å²) in [5, 5.41) is 31.1. The van der Waals surface area contributed by atoms with Crippen molar-refractivity contribution in [3.63, 3.8) is 0 Å². The Hall–Kier alpha value is -4.47. The summed E-state index contributed by atoms with van der Waals surface area (Å²) in [6.07, 6.45) is 5.85. The molecule has 4 heterocycles. The maximum atomic E-state index is 17.0. The summed E-state index contributed by atoms with van der Waals surface area (Å²) < 4.78 is 24.0. The van der Waals surface area contributed by atoms with Gasteiger partial charge in [0, 0.05) is 58.6 Å². The van der Waals surface area contributed by atoms with Gasteiger partial charge in [0.25, 0.3) is 0 Å². The summed E-state index contributed by atoms with van der Waals surface area (Å²) >= 11 is 13.0. The third-order valence-corrected chi connectivity index (χ3v) is 11.2.